The lowest BCUT2D eigenvalue weighted by Crippen LogP contribution is -2.17. The zero-order chi connectivity index (χ0) is 8.81. The summed E-state index contributed by atoms with van der Waals surface area (Å²) < 4.78 is 4.80. The van der Waals surface area contributed by atoms with E-state index < -0.39 is 0 Å². The Morgan fingerprint density at radius 2 is 2.33 bits per heavy atom. The minimum atomic E-state index is -0.325. The summed E-state index contributed by atoms with van der Waals surface area (Å²) in [5, 5.41) is 2.81. The van der Waals surface area contributed by atoms with Crippen LogP contribution in [0, 0.1) is 0 Å². The van der Waals surface area contributed by atoms with Gasteiger partial charge in [-0.15, -0.1) is 0 Å². The summed E-state index contributed by atoms with van der Waals surface area (Å²) in [7, 11) is 0. The van der Waals surface area contributed by atoms with Crippen LogP contribution in [-0.2, 0) is 9.53 Å². The van der Waals surface area contributed by atoms with Gasteiger partial charge in [-0.25, -0.2) is 4.79 Å². The molecule has 1 heterocycles. The second-order valence-electron chi connectivity index (χ2n) is 2.19. The molecule has 0 aromatic rings. The van der Waals surface area contributed by atoms with E-state index >= 15 is 0 Å². The molecule has 1 rings (SSSR count). The second-order valence-corrected chi connectivity index (χ2v) is 2.19. The fourth-order valence-corrected chi connectivity index (χ4v) is 0.793. The Bertz CT molecular complexity index is 251. The SMILES string of the molecule is CCOC(=O)C1=CC=CC=CN1. The Labute approximate surface area is 71.4 Å². The molecule has 0 saturated heterocycles. The molecule has 3 nitrogen and oxygen atoms in total. The normalized spacial score (nSPS) is 14.6. The minimum absolute atomic E-state index is 0.325. The van der Waals surface area contributed by atoms with Crippen molar-refractivity contribution in [3.8, 4) is 0 Å². The fourth-order valence-electron chi connectivity index (χ4n) is 0.793. The van der Waals surface area contributed by atoms with Crippen LogP contribution in [-0.4, -0.2) is 12.6 Å². The van der Waals surface area contributed by atoms with E-state index in [0.29, 0.717) is 12.3 Å². The molecule has 0 atom stereocenters. The van der Waals surface area contributed by atoms with Crippen molar-refractivity contribution in [1.29, 1.82) is 0 Å². The summed E-state index contributed by atoms with van der Waals surface area (Å²) in [6.45, 7) is 2.17. The number of hydrogen-bond acceptors (Lipinski definition) is 3. The quantitative estimate of drug-likeness (QED) is 0.623. The Morgan fingerprint density at radius 3 is 3.08 bits per heavy atom. The van der Waals surface area contributed by atoms with Crippen LogP contribution in [0.15, 0.2) is 36.2 Å². The Morgan fingerprint density at radius 1 is 1.50 bits per heavy atom. The van der Waals surface area contributed by atoms with Crippen LogP contribution in [0.3, 0.4) is 0 Å². The third-order valence-electron chi connectivity index (χ3n) is 1.32. The van der Waals surface area contributed by atoms with Crippen LogP contribution in [0.1, 0.15) is 6.92 Å². The number of esters is 1. The van der Waals surface area contributed by atoms with E-state index in [0.717, 1.165) is 0 Å². The monoisotopic (exact) mass is 165 g/mol. The van der Waals surface area contributed by atoms with Crippen molar-refractivity contribution >= 4 is 5.97 Å². The highest BCUT2D eigenvalue weighted by molar-refractivity contribution is 5.88. The lowest BCUT2D eigenvalue weighted by molar-refractivity contribution is -0.138. The molecule has 0 unspecified atom stereocenters. The van der Waals surface area contributed by atoms with Gasteiger partial charge in [0.15, 0.2) is 0 Å². The molecule has 0 aromatic heterocycles. The van der Waals surface area contributed by atoms with E-state index in [9.17, 15) is 4.79 Å². The van der Waals surface area contributed by atoms with Gasteiger partial charge in [-0.2, -0.15) is 0 Å². The number of hydrogen-bond donors (Lipinski definition) is 1. The number of allylic oxidation sites excluding steroid dienone is 4. The number of ether oxygens (including phenoxy) is 1. The minimum Gasteiger partial charge on any atom is -0.461 e. The van der Waals surface area contributed by atoms with Gasteiger partial charge < -0.3 is 10.1 Å². The first-order valence-corrected chi connectivity index (χ1v) is 3.81. The van der Waals surface area contributed by atoms with Gasteiger partial charge in [0.1, 0.15) is 5.70 Å². The molecule has 12 heavy (non-hydrogen) atoms. The maximum atomic E-state index is 11.1. The first kappa shape index (κ1) is 8.59. The molecule has 0 bridgehead atoms. The molecule has 3 heteroatoms. The molecular formula is C9H11NO2. The lowest BCUT2D eigenvalue weighted by atomic mass is 10.4. The molecule has 1 aliphatic rings. The summed E-state index contributed by atoms with van der Waals surface area (Å²) in [6.07, 6.45) is 8.79. The predicted octanol–water partition coefficient (Wildman–Crippen LogP) is 1.11. The van der Waals surface area contributed by atoms with Gasteiger partial charge in [0.2, 0.25) is 0 Å². The molecule has 64 valence electrons. The first-order valence-electron chi connectivity index (χ1n) is 3.81. The molecular weight excluding hydrogens is 154 g/mol. The van der Waals surface area contributed by atoms with Crippen molar-refractivity contribution < 1.29 is 9.53 Å². The zero-order valence-corrected chi connectivity index (χ0v) is 6.91. The number of carbonyl (C=O) groups is 1. The standard InChI is InChI=1S/C9H11NO2/c1-2-12-9(11)8-6-4-3-5-7-10-8/h3-7,10H,2H2,1H3. The predicted molar refractivity (Wildman–Crippen MR) is 46.1 cm³/mol. The van der Waals surface area contributed by atoms with Crippen LogP contribution in [0.2, 0.25) is 0 Å². The third-order valence-corrected chi connectivity index (χ3v) is 1.32. The Balaban J connectivity index is 2.62. The van der Waals surface area contributed by atoms with Crippen molar-refractivity contribution in [1.82, 2.24) is 5.32 Å². The summed E-state index contributed by atoms with van der Waals surface area (Å²) in [5.74, 6) is -0.325. The Hall–Kier alpha value is -1.51. The third kappa shape index (κ3) is 2.27. The van der Waals surface area contributed by atoms with E-state index in [1.54, 1.807) is 25.3 Å². The van der Waals surface area contributed by atoms with Crippen molar-refractivity contribution in [2.24, 2.45) is 0 Å². The van der Waals surface area contributed by atoms with Gasteiger partial charge in [-0.1, -0.05) is 12.2 Å². The lowest BCUT2D eigenvalue weighted by Gasteiger charge is -2.04. The summed E-state index contributed by atoms with van der Waals surface area (Å²) in [6, 6.07) is 0. The van der Waals surface area contributed by atoms with Gasteiger partial charge in [0.25, 0.3) is 0 Å². The number of rotatable bonds is 2. The van der Waals surface area contributed by atoms with Crippen molar-refractivity contribution in [2.45, 2.75) is 6.92 Å². The molecule has 1 N–H and O–H groups in total. The smallest absolute Gasteiger partial charge is 0.354 e. The first-order chi connectivity index (χ1) is 5.84. The highest BCUT2D eigenvalue weighted by Gasteiger charge is 2.07. The molecule has 0 fully saturated rings. The van der Waals surface area contributed by atoms with E-state index in [1.165, 1.54) is 0 Å². The number of carbonyl (C=O) groups excluding carboxylic acids is 1. The van der Waals surface area contributed by atoms with Crippen molar-refractivity contribution in [2.75, 3.05) is 6.61 Å². The molecule has 0 aromatic carbocycles. The summed E-state index contributed by atoms with van der Waals surface area (Å²) in [4.78, 5) is 11.1. The van der Waals surface area contributed by atoms with Gasteiger partial charge in [-0.3, -0.25) is 0 Å². The average Bonchev–Trinajstić information content (AvgIpc) is 2.32. The Kier molecular flexibility index (Phi) is 3.14. The highest BCUT2D eigenvalue weighted by Crippen LogP contribution is 1.98. The van der Waals surface area contributed by atoms with Crippen LogP contribution in [0.25, 0.3) is 0 Å². The van der Waals surface area contributed by atoms with Crippen LogP contribution >= 0.6 is 0 Å². The van der Waals surface area contributed by atoms with E-state index in [2.05, 4.69) is 5.32 Å². The van der Waals surface area contributed by atoms with E-state index in [4.69, 9.17) is 4.74 Å². The number of nitrogens with one attached hydrogen (secondary N) is 1. The maximum Gasteiger partial charge on any atom is 0.354 e. The van der Waals surface area contributed by atoms with Gasteiger partial charge in [0.05, 0.1) is 6.61 Å². The van der Waals surface area contributed by atoms with Crippen LogP contribution < -0.4 is 5.32 Å². The van der Waals surface area contributed by atoms with Crippen molar-refractivity contribution in [3.05, 3.63) is 36.2 Å². The molecule has 0 aliphatic carbocycles. The summed E-state index contributed by atoms with van der Waals surface area (Å²) in [5.41, 5.74) is 0.460. The van der Waals surface area contributed by atoms with Crippen LogP contribution in [0.4, 0.5) is 0 Å². The topological polar surface area (TPSA) is 38.3 Å². The molecule has 0 radical (unpaired) electrons. The van der Waals surface area contributed by atoms with Gasteiger partial charge in [0, 0.05) is 6.20 Å². The second kappa shape index (κ2) is 4.38. The largest absolute Gasteiger partial charge is 0.461 e. The molecule has 1 aliphatic heterocycles. The average molecular weight is 165 g/mol. The van der Waals surface area contributed by atoms with Crippen molar-refractivity contribution in [3.63, 3.8) is 0 Å². The maximum absolute atomic E-state index is 11.1. The van der Waals surface area contributed by atoms with E-state index in [-0.39, 0.29) is 5.97 Å². The van der Waals surface area contributed by atoms with Gasteiger partial charge >= 0.3 is 5.97 Å². The molecule has 0 spiro atoms. The zero-order valence-electron chi connectivity index (χ0n) is 6.91. The molecule has 0 amide bonds. The fraction of sp³-hybridized carbons (Fsp3) is 0.222. The highest BCUT2D eigenvalue weighted by atomic mass is 16.5. The van der Waals surface area contributed by atoms with Gasteiger partial charge in [-0.05, 0) is 19.1 Å². The molecule has 0 saturated carbocycles. The summed E-state index contributed by atoms with van der Waals surface area (Å²) >= 11 is 0. The van der Waals surface area contributed by atoms with Crippen LogP contribution in [0.5, 0.6) is 0 Å². The van der Waals surface area contributed by atoms with E-state index in [1.807, 2.05) is 12.2 Å².